The Bertz CT molecular complexity index is 472. The van der Waals surface area contributed by atoms with Crippen LogP contribution in [0.4, 0.5) is 13.2 Å². The third-order valence-corrected chi connectivity index (χ3v) is 3.21. The Labute approximate surface area is 121 Å². The lowest BCUT2D eigenvalue weighted by Gasteiger charge is -2.22. The van der Waals surface area contributed by atoms with Crippen molar-refractivity contribution >= 4 is 28.3 Å². The fourth-order valence-corrected chi connectivity index (χ4v) is 2.15. The summed E-state index contributed by atoms with van der Waals surface area (Å²) in [6.07, 6.45) is -7.43. The number of aliphatic hydroxyl groups is 1. The second kappa shape index (κ2) is 5.74. The first-order valence-electron chi connectivity index (χ1n) is 4.90. The number of nitrogens with two attached hydrogens (primary N) is 1. The van der Waals surface area contributed by atoms with Crippen molar-refractivity contribution in [1.29, 1.82) is 0 Å². The van der Waals surface area contributed by atoms with E-state index in [1.807, 2.05) is 0 Å². The van der Waals surface area contributed by atoms with Gasteiger partial charge in [-0.2, -0.15) is 13.2 Å². The van der Waals surface area contributed by atoms with Crippen molar-refractivity contribution in [3.63, 3.8) is 0 Å². The van der Waals surface area contributed by atoms with Gasteiger partial charge in [-0.1, -0.05) is 15.9 Å². The molecule has 4 nitrogen and oxygen atoms in total. The van der Waals surface area contributed by atoms with Gasteiger partial charge in [0.05, 0.1) is 6.04 Å². The van der Waals surface area contributed by atoms with Crippen molar-refractivity contribution in [2.24, 2.45) is 5.73 Å². The van der Waals surface area contributed by atoms with Gasteiger partial charge in [0, 0.05) is 4.47 Å². The second-order valence-electron chi connectivity index (χ2n) is 3.74. The molecule has 1 aromatic carbocycles. The van der Waals surface area contributed by atoms with E-state index in [4.69, 9.17) is 20.3 Å². The smallest absolute Gasteiger partial charge is 0.416 e. The van der Waals surface area contributed by atoms with Gasteiger partial charge in [-0.15, -0.1) is 12.4 Å². The molecule has 1 heterocycles. The average molecular weight is 365 g/mol. The lowest BCUT2D eigenvalue weighted by molar-refractivity contribution is -0.210. The minimum atomic E-state index is -4.78. The Morgan fingerprint density at radius 3 is 2.32 bits per heavy atom. The van der Waals surface area contributed by atoms with Crippen molar-refractivity contribution in [3.05, 3.63) is 22.2 Å². The van der Waals surface area contributed by atoms with Crippen LogP contribution >= 0.6 is 28.3 Å². The van der Waals surface area contributed by atoms with E-state index in [9.17, 15) is 13.2 Å². The maximum atomic E-state index is 12.4. The zero-order valence-corrected chi connectivity index (χ0v) is 11.7. The van der Waals surface area contributed by atoms with Crippen LogP contribution in [0.25, 0.3) is 0 Å². The quantitative estimate of drug-likeness (QED) is 0.846. The highest BCUT2D eigenvalue weighted by Gasteiger charge is 2.43. The van der Waals surface area contributed by atoms with Crippen LogP contribution in [-0.2, 0) is 0 Å². The number of benzene rings is 1. The van der Waals surface area contributed by atoms with E-state index in [1.165, 1.54) is 12.1 Å². The summed E-state index contributed by atoms with van der Waals surface area (Å²) in [4.78, 5) is 0. The van der Waals surface area contributed by atoms with Crippen molar-refractivity contribution in [2.45, 2.75) is 18.3 Å². The summed E-state index contributed by atoms with van der Waals surface area (Å²) in [6, 6.07) is 1.18. The topological polar surface area (TPSA) is 64.7 Å². The number of halogens is 5. The van der Waals surface area contributed by atoms with Crippen molar-refractivity contribution in [2.75, 3.05) is 6.79 Å². The highest BCUT2D eigenvalue weighted by Crippen LogP contribution is 2.40. The van der Waals surface area contributed by atoms with Crippen LogP contribution in [0, 0.1) is 0 Å². The first-order chi connectivity index (χ1) is 8.30. The molecule has 1 aromatic rings. The predicted molar refractivity (Wildman–Crippen MR) is 66.5 cm³/mol. The largest absolute Gasteiger partial charge is 0.454 e. The number of rotatable bonds is 2. The lowest BCUT2D eigenvalue weighted by Crippen LogP contribution is -2.39. The maximum Gasteiger partial charge on any atom is 0.416 e. The molecular formula is C10H10BrClF3NO3. The molecule has 19 heavy (non-hydrogen) atoms. The van der Waals surface area contributed by atoms with E-state index >= 15 is 0 Å². The molecule has 0 radical (unpaired) electrons. The van der Waals surface area contributed by atoms with Gasteiger partial charge in [-0.3, -0.25) is 0 Å². The predicted octanol–water partition coefficient (Wildman–Crippen LogP) is 2.52. The summed E-state index contributed by atoms with van der Waals surface area (Å²) < 4.78 is 47.6. The maximum absolute atomic E-state index is 12.4. The average Bonchev–Trinajstić information content (AvgIpc) is 2.71. The zero-order valence-electron chi connectivity index (χ0n) is 9.28. The summed E-state index contributed by atoms with van der Waals surface area (Å²) in [7, 11) is 0. The van der Waals surface area contributed by atoms with Crippen LogP contribution in [0.3, 0.4) is 0 Å². The zero-order chi connectivity index (χ0) is 13.5. The van der Waals surface area contributed by atoms with Crippen molar-refractivity contribution in [1.82, 2.24) is 0 Å². The van der Waals surface area contributed by atoms with Crippen LogP contribution < -0.4 is 15.2 Å². The summed E-state index contributed by atoms with van der Waals surface area (Å²) in [5.41, 5.74) is 5.52. The molecule has 3 N–H and O–H groups in total. The highest BCUT2D eigenvalue weighted by atomic mass is 79.9. The molecule has 108 valence electrons. The third kappa shape index (κ3) is 3.25. The minimum absolute atomic E-state index is 0. The van der Waals surface area contributed by atoms with Gasteiger partial charge in [-0.05, 0) is 17.7 Å². The van der Waals surface area contributed by atoms with E-state index in [2.05, 4.69) is 15.9 Å². The molecule has 2 rings (SSSR count). The van der Waals surface area contributed by atoms with Crippen LogP contribution in [0.15, 0.2) is 16.6 Å². The van der Waals surface area contributed by atoms with E-state index < -0.39 is 18.3 Å². The molecule has 0 aromatic heterocycles. The van der Waals surface area contributed by atoms with E-state index in [0.29, 0.717) is 16.0 Å². The molecule has 0 bridgehead atoms. The number of aliphatic hydroxyl groups excluding tert-OH is 1. The molecule has 0 spiro atoms. The molecule has 0 amide bonds. The molecule has 9 heteroatoms. The van der Waals surface area contributed by atoms with E-state index in [0.717, 1.165) is 0 Å². The summed E-state index contributed by atoms with van der Waals surface area (Å²) >= 11 is 3.09. The van der Waals surface area contributed by atoms with Gasteiger partial charge < -0.3 is 20.3 Å². The Balaban J connectivity index is 0.00000180. The van der Waals surface area contributed by atoms with Gasteiger partial charge in [0.1, 0.15) is 0 Å². The van der Waals surface area contributed by atoms with Gasteiger partial charge in [0.2, 0.25) is 6.79 Å². The normalized spacial score (nSPS) is 16.7. The second-order valence-corrected chi connectivity index (χ2v) is 4.59. The van der Waals surface area contributed by atoms with Gasteiger partial charge in [-0.25, -0.2) is 0 Å². The van der Waals surface area contributed by atoms with Crippen LogP contribution in [0.5, 0.6) is 11.5 Å². The molecule has 0 aliphatic carbocycles. The molecular weight excluding hydrogens is 354 g/mol. The van der Waals surface area contributed by atoms with Crippen LogP contribution in [0.1, 0.15) is 11.6 Å². The standard InChI is InChI=1S/C10H9BrF3NO3.ClH/c11-5-2-7-6(17-3-18-7)1-4(5)8(15)9(16)10(12,13)14;/h1-2,8-9,16H,3,15H2;1H/t8-,9-;/m0./s1. The summed E-state index contributed by atoms with van der Waals surface area (Å²) in [5.74, 6) is 0.720. The Morgan fingerprint density at radius 2 is 1.79 bits per heavy atom. The molecule has 0 saturated carbocycles. The molecule has 1 aliphatic rings. The number of hydrogen-bond acceptors (Lipinski definition) is 4. The molecule has 1 aliphatic heterocycles. The molecule has 0 unspecified atom stereocenters. The number of hydrogen-bond donors (Lipinski definition) is 2. The first-order valence-corrected chi connectivity index (χ1v) is 5.69. The lowest BCUT2D eigenvalue weighted by atomic mass is 10.0. The molecule has 0 fully saturated rings. The number of fused-ring (bicyclic) bond motifs is 1. The molecule has 0 saturated heterocycles. The van der Waals surface area contributed by atoms with Crippen LogP contribution in [-0.4, -0.2) is 24.2 Å². The van der Waals surface area contributed by atoms with Crippen molar-refractivity contribution in [3.8, 4) is 11.5 Å². The number of alkyl halides is 3. The fourth-order valence-electron chi connectivity index (χ4n) is 1.56. The van der Waals surface area contributed by atoms with Gasteiger partial charge in [0.25, 0.3) is 0 Å². The van der Waals surface area contributed by atoms with Crippen molar-refractivity contribution < 1.29 is 27.8 Å². The van der Waals surface area contributed by atoms with Gasteiger partial charge in [0.15, 0.2) is 17.6 Å². The van der Waals surface area contributed by atoms with E-state index in [-0.39, 0.29) is 24.8 Å². The Morgan fingerprint density at radius 1 is 1.26 bits per heavy atom. The number of ether oxygens (including phenoxy) is 2. The molecule has 2 atom stereocenters. The van der Waals surface area contributed by atoms with Gasteiger partial charge >= 0.3 is 6.18 Å². The highest BCUT2D eigenvalue weighted by molar-refractivity contribution is 9.10. The monoisotopic (exact) mass is 363 g/mol. The first kappa shape index (κ1) is 16.4. The minimum Gasteiger partial charge on any atom is -0.454 e. The SMILES string of the molecule is Cl.N[C@@H](c1cc2c(cc1Br)OCO2)[C@H](O)C(F)(F)F. The fraction of sp³-hybridized carbons (Fsp3) is 0.400. The summed E-state index contributed by atoms with van der Waals surface area (Å²) in [5, 5.41) is 9.14. The third-order valence-electron chi connectivity index (χ3n) is 2.53. The van der Waals surface area contributed by atoms with Crippen LogP contribution in [0.2, 0.25) is 0 Å². The Hall–Kier alpha value is -0.700. The van der Waals surface area contributed by atoms with E-state index in [1.54, 1.807) is 0 Å². The summed E-state index contributed by atoms with van der Waals surface area (Å²) in [6.45, 7) is 0.00227. The Kier molecular flexibility index (Phi) is 4.94.